The normalized spacial score (nSPS) is 10.6. The molecule has 5 heteroatoms. The van der Waals surface area contributed by atoms with Gasteiger partial charge in [0, 0.05) is 29.7 Å². The summed E-state index contributed by atoms with van der Waals surface area (Å²) in [6, 6.07) is 11.7. The summed E-state index contributed by atoms with van der Waals surface area (Å²) in [6.07, 6.45) is 0. The first-order valence-corrected chi connectivity index (χ1v) is 6.74. The average Bonchev–Trinajstić information content (AvgIpc) is 2.96. The molecule has 0 radical (unpaired) electrons. The summed E-state index contributed by atoms with van der Waals surface area (Å²) < 4.78 is 5.41. The van der Waals surface area contributed by atoms with E-state index in [9.17, 15) is 0 Å². The van der Waals surface area contributed by atoms with Gasteiger partial charge in [0.15, 0.2) is 0 Å². The number of hydrogen-bond donors (Lipinski definition) is 1. The van der Waals surface area contributed by atoms with E-state index in [1.54, 1.807) is 0 Å². The molecule has 21 heavy (non-hydrogen) atoms. The van der Waals surface area contributed by atoms with E-state index in [2.05, 4.69) is 20.4 Å². The lowest BCUT2D eigenvalue weighted by molar-refractivity contribution is 0.432. The van der Waals surface area contributed by atoms with Gasteiger partial charge in [-0.05, 0) is 38.1 Å². The Bertz CT molecular complexity index is 759. The molecule has 0 bridgehead atoms. The molecule has 1 aromatic carbocycles. The highest BCUT2D eigenvalue weighted by Crippen LogP contribution is 2.28. The smallest absolute Gasteiger partial charge is 0.260 e. The number of nitrogens with one attached hydrogen (secondary N) is 1. The largest absolute Gasteiger partial charge is 0.387 e. The van der Waals surface area contributed by atoms with Gasteiger partial charge in [-0.15, -0.1) is 0 Å². The molecular formula is C16H16N4O. The summed E-state index contributed by atoms with van der Waals surface area (Å²) in [6.45, 7) is 3.90. The van der Waals surface area contributed by atoms with Crippen LogP contribution in [0.4, 0.5) is 5.69 Å². The zero-order chi connectivity index (χ0) is 14.8. The highest BCUT2D eigenvalue weighted by atomic mass is 16.5. The zero-order valence-corrected chi connectivity index (χ0v) is 12.2. The summed E-state index contributed by atoms with van der Waals surface area (Å²) in [7, 11) is 1.87. The summed E-state index contributed by atoms with van der Waals surface area (Å²) in [5.74, 6) is 1.08. The number of nitrogens with zero attached hydrogens (tertiary/aromatic N) is 3. The highest BCUT2D eigenvalue weighted by molar-refractivity contribution is 5.73. The minimum absolute atomic E-state index is 0.502. The van der Waals surface area contributed by atoms with Crippen LogP contribution in [0.2, 0.25) is 0 Å². The minimum Gasteiger partial charge on any atom is -0.387 e. The molecule has 3 aromatic rings. The van der Waals surface area contributed by atoms with Crippen molar-refractivity contribution >= 4 is 5.69 Å². The molecule has 106 valence electrons. The van der Waals surface area contributed by atoms with Gasteiger partial charge in [-0.25, -0.2) is 0 Å². The monoisotopic (exact) mass is 280 g/mol. The average molecular weight is 280 g/mol. The predicted octanol–water partition coefficient (Wildman–Crippen LogP) is 3.46. The Hall–Kier alpha value is -2.69. The molecule has 3 rings (SSSR count). The van der Waals surface area contributed by atoms with Crippen molar-refractivity contribution in [2.24, 2.45) is 0 Å². The number of rotatable bonds is 3. The van der Waals surface area contributed by atoms with Gasteiger partial charge >= 0.3 is 0 Å². The van der Waals surface area contributed by atoms with Crippen molar-refractivity contribution in [1.29, 1.82) is 0 Å². The van der Waals surface area contributed by atoms with E-state index < -0.39 is 0 Å². The summed E-state index contributed by atoms with van der Waals surface area (Å²) in [5, 5.41) is 7.20. The lowest BCUT2D eigenvalue weighted by Crippen LogP contribution is -1.92. The van der Waals surface area contributed by atoms with Crippen LogP contribution in [0.3, 0.4) is 0 Å². The number of anilines is 1. The van der Waals surface area contributed by atoms with E-state index in [1.807, 2.05) is 57.3 Å². The Labute approximate surface area is 123 Å². The predicted molar refractivity (Wildman–Crippen MR) is 82.0 cm³/mol. The Kier molecular flexibility index (Phi) is 3.39. The third-order valence-electron chi connectivity index (χ3n) is 3.19. The number of hydrogen-bond acceptors (Lipinski definition) is 5. The Morgan fingerprint density at radius 1 is 1.00 bits per heavy atom. The Morgan fingerprint density at radius 3 is 2.43 bits per heavy atom. The van der Waals surface area contributed by atoms with E-state index in [4.69, 9.17) is 4.52 Å². The first kappa shape index (κ1) is 13.3. The first-order chi connectivity index (χ1) is 10.2. The van der Waals surface area contributed by atoms with E-state index in [1.165, 1.54) is 0 Å². The number of benzene rings is 1. The van der Waals surface area contributed by atoms with Gasteiger partial charge in [0.05, 0.1) is 5.56 Å². The molecule has 0 aliphatic carbocycles. The first-order valence-electron chi connectivity index (χ1n) is 6.74. The maximum atomic E-state index is 5.41. The van der Waals surface area contributed by atoms with E-state index in [0.717, 1.165) is 28.2 Å². The van der Waals surface area contributed by atoms with E-state index >= 15 is 0 Å². The number of aromatic nitrogens is 3. The van der Waals surface area contributed by atoms with Crippen molar-refractivity contribution < 1.29 is 4.52 Å². The van der Waals surface area contributed by atoms with Crippen LogP contribution in [0.5, 0.6) is 0 Å². The molecule has 0 spiro atoms. The van der Waals surface area contributed by atoms with Crippen LogP contribution in [0.25, 0.3) is 22.8 Å². The molecular weight excluding hydrogens is 264 g/mol. The van der Waals surface area contributed by atoms with Gasteiger partial charge in [0.1, 0.15) is 0 Å². The fourth-order valence-corrected chi connectivity index (χ4v) is 2.30. The number of para-hydroxylation sites is 1. The van der Waals surface area contributed by atoms with Gasteiger partial charge in [0.2, 0.25) is 5.82 Å². The van der Waals surface area contributed by atoms with Crippen molar-refractivity contribution in [3.63, 3.8) is 0 Å². The maximum Gasteiger partial charge on any atom is 0.260 e. The van der Waals surface area contributed by atoms with Gasteiger partial charge in [-0.1, -0.05) is 17.3 Å². The van der Waals surface area contributed by atoms with Crippen LogP contribution in [0, 0.1) is 13.8 Å². The molecule has 0 fully saturated rings. The second-order valence-electron chi connectivity index (χ2n) is 4.86. The molecule has 2 heterocycles. The van der Waals surface area contributed by atoms with E-state index in [-0.39, 0.29) is 0 Å². The number of aryl methyl sites for hydroxylation is 2. The van der Waals surface area contributed by atoms with Crippen LogP contribution in [-0.2, 0) is 0 Å². The van der Waals surface area contributed by atoms with Crippen LogP contribution >= 0.6 is 0 Å². The third-order valence-corrected chi connectivity index (χ3v) is 3.19. The van der Waals surface area contributed by atoms with E-state index in [0.29, 0.717) is 11.7 Å². The fraction of sp³-hybridized carbons (Fsp3) is 0.188. The van der Waals surface area contributed by atoms with Crippen molar-refractivity contribution in [1.82, 2.24) is 15.1 Å². The van der Waals surface area contributed by atoms with Crippen LogP contribution in [0.15, 0.2) is 40.9 Å². The zero-order valence-electron chi connectivity index (χ0n) is 12.2. The van der Waals surface area contributed by atoms with Crippen molar-refractivity contribution in [2.45, 2.75) is 13.8 Å². The molecule has 0 aliphatic heterocycles. The van der Waals surface area contributed by atoms with Crippen LogP contribution < -0.4 is 5.32 Å². The molecule has 0 saturated heterocycles. The fourth-order valence-electron chi connectivity index (χ4n) is 2.30. The van der Waals surface area contributed by atoms with Gasteiger partial charge < -0.3 is 9.84 Å². The SMILES string of the molecule is CNc1ccccc1-c1nc(-c2cc(C)nc(C)c2)no1. The Balaban J connectivity index is 2.04. The van der Waals surface area contributed by atoms with Gasteiger partial charge in [0.25, 0.3) is 5.89 Å². The van der Waals surface area contributed by atoms with Crippen molar-refractivity contribution in [2.75, 3.05) is 12.4 Å². The lowest BCUT2D eigenvalue weighted by atomic mass is 10.1. The summed E-state index contributed by atoms with van der Waals surface area (Å²) in [4.78, 5) is 8.85. The molecule has 0 unspecified atom stereocenters. The standard InChI is InChI=1S/C16H16N4O/c1-10-8-12(9-11(2)18-10)15-19-16(21-20-15)13-6-4-5-7-14(13)17-3/h4-9,17H,1-3H3. The van der Waals surface area contributed by atoms with Crippen molar-refractivity contribution in [3.05, 3.63) is 47.8 Å². The Morgan fingerprint density at radius 2 is 1.71 bits per heavy atom. The van der Waals surface area contributed by atoms with Gasteiger partial charge in [-0.2, -0.15) is 4.98 Å². The molecule has 5 nitrogen and oxygen atoms in total. The van der Waals surface area contributed by atoms with Crippen molar-refractivity contribution in [3.8, 4) is 22.8 Å². The van der Waals surface area contributed by atoms with Crippen LogP contribution in [-0.4, -0.2) is 22.2 Å². The summed E-state index contributed by atoms with van der Waals surface area (Å²) >= 11 is 0. The third kappa shape index (κ3) is 2.63. The molecule has 0 atom stereocenters. The molecule has 0 aliphatic rings. The summed E-state index contributed by atoms with van der Waals surface area (Å²) in [5.41, 5.74) is 4.63. The minimum atomic E-state index is 0.502. The molecule has 0 amide bonds. The second kappa shape index (κ2) is 5.36. The lowest BCUT2D eigenvalue weighted by Gasteiger charge is -2.03. The topological polar surface area (TPSA) is 63.8 Å². The van der Waals surface area contributed by atoms with Gasteiger partial charge in [-0.3, -0.25) is 4.98 Å². The quantitative estimate of drug-likeness (QED) is 0.796. The molecule has 1 N–H and O–H groups in total. The molecule has 2 aromatic heterocycles. The van der Waals surface area contributed by atoms with Crippen LogP contribution in [0.1, 0.15) is 11.4 Å². The maximum absolute atomic E-state index is 5.41. The second-order valence-corrected chi connectivity index (χ2v) is 4.86. The molecule has 0 saturated carbocycles. The number of pyridine rings is 1. The highest BCUT2D eigenvalue weighted by Gasteiger charge is 2.13.